The molecule has 2 saturated carbocycles. The third-order valence-corrected chi connectivity index (χ3v) is 3.54. The predicted octanol–water partition coefficient (Wildman–Crippen LogP) is 2.02. The van der Waals surface area contributed by atoms with Gasteiger partial charge in [-0.2, -0.15) is 0 Å². The van der Waals surface area contributed by atoms with Gasteiger partial charge in [0.1, 0.15) is 11.6 Å². The summed E-state index contributed by atoms with van der Waals surface area (Å²) >= 11 is 0. The lowest BCUT2D eigenvalue weighted by atomic mass is 9.55. The maximum atomic E-state index is 11.4. The lowest BCUT2D eigenvalue weighted by molar-refractivity contribution is -0.172. The summed E-state index contributed by atoms with van der Waals surface area (Å²) in [5.41, 5.74) is 5.36. The van der Waals surface area contributed by atoms with Crippen molar-refractivity contribution in [3.8, 4) is 0 Å². The molecule has 2 aliphatic rings. The minimum Gasteiger partial charge on any atom is -0.461 e. The number of hydrogen-bond acceptors (Lipinski definition) is 3. The minimum absolute atomic E-state index is 0. The van der Waals surface area contributed by atoms with Crippen LogP contribution in [0.15, 0.2) is 0 Å². The van der Waals surface area contributed by atoms with Gasteiger partial charge >= 0.3 is 5.97 Å². The van der Waals surface area contributed by atoms with E-state index < -0.39 is 5.54 Å². The molecule has 2 rings (SSSR count). The molecule has 0 radical (unpaired) electrons. The summed E-state index contributed by atoms with van der Waals surface area (Å²) in [6.07, 6.45) is 6.28. The molecule has 0 unspecified atom stereocenters. The molecule has 0 heterocycles. The Bertz CT molecular complexity index is 248. The van der Waals surface area contributed by atoms with E-state index in [0.29, 0.717) is 5.41 Å². The second kappa shape index (κ2) is 3.95. The fraction of sp³-hybridized carbons (Fsp3) is 0.909. The smallest absolute Gasteiger partial charge is 0.325 e. The minimum atomic E-state index is -0.845. The van der Waals surface area contributed by atoms with Crippen LogP contribution in [0, 0.1) is 5.41 Å². The summed E-state index contributed by atoms with van der Waals surface area (Å²) in [4.78, 5) is 11.4. The van der Waals surface area contributed by atoms with Crippen LogP contribution in [-0.2, 0) is 9.53 Å². The average molecular weight is 234 g/mol. The van der Waals surface area contributed by atoms with Crippen molar-refractivity contribution < 1.29 is 9.53 Å². The van der Waals surface area contributed by atoms with Crippen molar-refractivity contribution >= 4 is 18.4 Å². The second-order valence-electron chi connectivity index (χ2n) is 5.51. The third kappa shape index (κ3) is 2.45. The molecule has 88 valence electrons. The highest BCUT2D eigenvalue weighted by Gasteiger charge is 2.50. The summed E-state index contributed by atoms with van der Waals surface area (Å²) in [6, 6.07) is 0. The van der Waals surface area contributed by atoms with Crippen LogP contribution >= 0.6 is 12.4 Å². The van der Waals surface area contributed by atoms with Gasteiger partial charge in [0.05, 0.1) is 0 Å². The Labute approximate surface area is 97.1 Å². The van der Waals surface area contributed by atoms with Crippen LogP contribution in [0.2, 0.25) is 0 Å². The molecule has 0 saturated heterocycles. The van der Waals surface area contributed by atoms with Gasteiger partial charge in [-0.15, -0.1) is 12.4 Å². The molecule has 4 heteroatoms. The Morgan fingerprint density at radius 1 is 1.40 bits per heavy atom. The zero-order chi connectivity index (χ0) is 10.4. The van der Waals surface area contributed by atoms with Gasteiger partial charge in [-0.3, -0.25) is 4.79 Å². The first kappa shape index (κ1) is 12.8. The van der Waals surface area contributed by atoms with Crippen LogP contribution in [0.25, 0.3) is 0 Å². The van der Waals surface area contributed by atoms with Gasteiger partial charge < -0.3 is 10.5 Å². The fourth-order valence-corrected chi connectivity index (χ4v) is 2.38. The van der Waals surface area contributed by atoms with E-state index in [9.17, 15) is 4.79 Å². The van der Waals surface area contributed by atoms with E-state index in [1.807, 2.05) is 0 Å². The first-order chi connectivity index (χ1) is 6.41. The summed E-state index contributed by atoms with van der Waals surface area (Å²) in [5.74, 6) is -0.267. The first-order valence-corrected chi connectivity index (χ1v) is 5.41. The Balaban J connectivity index is 0.00000112. The quantitative estimate of drug-likeness (QED) is 0.743. The number of ether oxygens (including phenoxy) is 1. The number of hydrogen-bond donors (Lipinski definition) is 1. The molecule has 0 aromatic heterocycles. The van der Waals surface area contributed by atoms with E-state index in [1.54, 1.807) is 13.8 Å². The molecule has 15 heavy (non-hydrogen) atoms. The number of nitrogens with two attached hydrogens (primary N) is 1. The SMILES string of the molecule is CC(C)(N)C(=O)OC1CC2(CCC2)C1.Cl. The van der Waals surface area contributed by atoms with E-state index in [-0.39, 0.29) is 24.5 Å². The highest BCUT2D eigenvalue weighted by Crippen LogP contribution is 2.56. The van der Waals surface area contributed by atoms with Crippen LogP contribution < -0.4 is 5.73 Å². The van der Waals surface area contributed by atoms with Crippen molar-refractivity contribution in [1.29, 1.82) is 0 Å². The molecule has 2 aliphatic carbocycles. The molecule has 2 N–H and O–H groups in total. The molecule has 0 aliphatic heterocycles. The number of halogens is 1. The van der Waals surface area contributed by atoms with Crippen molar-refractivity contribution in [1.82, 2.24) is 0 Å². The van der Waals surface area contributed by atoms with E-state index in [1.165, 1.54) is 19.3 Å². The second-order valence-corrected chi connectivity index (χ2v) is 5.51. The largest absolute Gasteiger partial charge is 0.461 e. The van der Waals surface area contributed by atoms with Crippen molar-refractivity contribution in [2.24, 2.45) is 11.1 Å². The summed E-state index contributed by atoms with van der Waals surface area (Å²) in [6.45, 7) is 3.38. The summed E-state index contributed by atoms with van der Waals surface area (Å²) < 4.78 is 5.32. The molecule has 3 nitrogen and oxygen atoms in total. The predicted molar refractivity (Wildman–Crippen MR) is 60.9 cm³/mol. The molecule has 1 spiro atoms. The maximum absolute atomic E-state index is 11.4. The van der Waals surface area contributed by atoms with E-state index >= 15 is 0 Å². The lowest BCUT2D eigenvalue weighted by Crippen LogP contribution is -2.51. The van der Waals surface area contributed by atoms with Gasteiger partial charge in [-0.1, -0.05) is 6.42 Å². The van der Waals surface area contributed by atoms with Crippen molar-refractivity contribution in [2.45, 2.75) is 57.6 Å². The Morgan fingerprint density at radius 3 is 2.27 bits per heavy atom. The number of carbonyl (C=O) groups excluding carboxylic acids is 1. The normalized spacial score (nSPS) is 23.7. The zero-order valence-corrected chi connectivity index (χ0v) is 10.2. The van der Waals surface area contributed by atoms with Gasteiger partial charge in [-0.25, -0.2) is 0 Å². The third-order valence-electron chi connectivity index (χ3n) is 3.54. The molecular weight excluding hydrogens is 214 g/mol. The average Bonchev–Trinajstić information content (AvgIpc) is 1.88. The number of carbonyl (C=O) groups is 1. The van der Waals surface area contributed by atoms with E-state index in [4.69, 9.17) is 10.5 Å². The first-order valence-electron chi connectivity index (χ1n) is 5.41. The summed E-state index contributed by atoms with van der Waals surface area (Å²) in [5, 5.41) is 0. The maximum Gasteiger partial charge on any atom is 0.325 e. The van der Waals surface area contributed by atoms with E-state index in [2.05, 4.69) is 0 Å². The number of esters is 1. The summed E-state index contributed by atoms with van der Waals surface area (Å²) in [7, 11) is 0. The van der Waals surface area contributed by atoms with Gasteiger partial charge in [-0.05, 0) is 44.9 Å². The fourth-order valence-electron chi connectivity index (χ4n) is 2.38. The lowest BCUT2D eigenvalue weighted by Gasteiger charge is -2.53. The van der Waals surface area contributed by atoms with Crippen LogP contribution in [0.1, 0.15) is 46.0 Å². The zero-order valence-electron chi connectivity index (χ0n) is 9.41. The monoisotopic (exact) mass is 233 g/mol. The van der Waals surface area contributed by atoms with Gasteiger partial charge in [0, 0.05) is 0 Å². The van der Waals surface area contributed by atoms with Crippen LogP contribution in [0.3, 0.4) is 0 Å². The standard InChI is InChI=1S/C11H19NO2.ClH/c1-10(2,12)9(13)14-8-6-11(7-8)4-3-5-11;/h8H,3-7,12H2,1-2H3;1H. The topological polar surface area (TPSA) is 52.3 Å². The highest BCUT2D eigenvalue weighted by molar-refractivity contribution is 5.85. The van der Waals surface area contributed by atoms with Crippen molar-refractivity contribution in [2.75, 3.05) is 0 Å². The molecule has 0 atom stereocenters. The van der Waals surface area contributed by atoms with Crippen LogP contribution in [-0.4, -0.2) is 17.6 Å². The molecule has 0 amide bonds. The Morgan fingerprint density at radius 2 is 1.93 bits per heavy atom. The molecule has 2 fully saturated rings. The highest BCUT2D eigenvalue weighted by atomic mass is 35.5. The molecule has 0 aromatic rings. The van der Waals surface area contributed by atoms with Crippen molar-refractivity contribution in [3.05, 3.63) is 0 Å². The van der Waals surface area contributed by atoms with Crippen LogP contribution in [0.4, 0.5) is 0 Å². The van der Waals surface area contributed by atoms with Gasteiger partial charge in [0.2, 0.25) is 0 Å². The molecule has 0 aromatic carbocycles. The Kier molecular flexibility index (Phi) is 3.36. The van der Waals surface area contributed by atoms with E-state index in [0.717, 1.165) is 12.8 Å². The molecular formula is C11H20ClNO2. The van der Waals surface area contributed by atoms with Crippen molar-refractivity contribution in [3.63, 3.8) is 0 Å². The Hall–Kier alpha value is -0.280. The number of rotatable bonds is 2. The molecule has 0 bridgehead atoms. The van der Waals surface area contributed by atoms with Crippen LogP contribution in [0.5, 0.6) is 0 Å². The van der Waals surface area contributed by atoms with Gasteiger partial charge in [0.15, 0.2) is 0 Å². The van der Waals surface area contributed by atoms with Gasteiger partial charge in [0.25, 0.3) is 0 Å².